The van der Waals surface area contributed by atoms with Gasteiger partial charge >= 0.3 is 12.0 Å². The van der Waals surface area contributed by atoms with E-state index in [0.29, 0.717) is 17.7 Å². The lowest BCUT2D eigenvalue weighted by atomic mass is 10.1. The number of rotatable bonds is 9. The van der Waals surface area contributed by atoms with E-state index in [9.17, 15) is 14.4 Å². The van der Waals surface area contributed by atoms with Gasteiger partial charge in [-0.2, -0.15) is 11.8 Å². The zero-order valence-corrected chi connectivity index (χ0v) is 16.2. The number of aryl methyl sites for hydroxylation is 1. The first-order chi connectivity index (χ1) is 11.7. The second-order valence-corrected chi connectivity index (χ2v) is 7.11. The molecule has 0 bridgehead atoms. The SMILES string of the molecule is CSCC[C@@H](NC(N)=O)C(=O)OCC(=O)c1cc(C)n(C(C)C)c1C. The Morgan fingerprint density at radius 2 is 1.96 bits per heavy atom. The molecule has 1 atom stereocenters. The van der Waals surface area contributed by atoms with Crippen LogP contribution in [-0.2, 0) is 9.53 Å². The van der Waals surface area contributed by atoms with E-state index in [1.165, 1.54) is 11.8 Å². The van der Waals surface area contributed by atoms with E-state index < -0.39 is 18.0 Å². The number of carbonyl (C=O) groups excluding carboxylic acids is 3. The third-order valence-corrected chi connectivity index (χ3v) is 4.50. The van der Waals surface area contributed by atoms with E-state index in [-0.39, 0.29) is 18.4 Å². The predicted octanol–water partition coefficient (Wildman–Crippen LogP) is 2.20. The molecule has 0 aromatic carbocycles. The lowest BCUT2D eigenvalue weighted by Gasteiger charge is -2.16. The molecule has 25 heavy (non-hydrogen) atoms. The minimum absolute atomic E-state index is 0.236. The normalized spacial score (nSPS) is 12.1. The van der Waals surface area contributed by atoms with Gasteiger partial charge in [-0.05, 0) is 52.2 Å². The Morgan fingerprint density at radius 1 is 1.32 bits per heavy atom. The van der Waals surface area contributed by atoms with Crippen LogP contribution in [0.2, 0.25) is 0 Å². The van der Waals surface area contributed by atoms with Gasteiger partial charge in [0.1, 0.15) is 6.04 Å². The number of urea groups is 1. The van der Waals surface area contributed by atoms with E-state index in [2.05, 4.69) is 9.88 Å². The minimum Gasteiger partial charge on any atom is -0.456 e. The summed E-state index contributed by atoms with van der Waals surface area (Å²) in [6.45, 7) is 7.53. The van der Waals surface area contributed by atoms with Crippen LogP contribution in [0.1, 0.15) is 48.1 Å². The molecule has 7 nitrogen and oxygen atoms in total. The lowest BCUT2D eigenvalue weighted by Crippen LogP contribution is -2.45. The Morgan fingerprint density at radius 3 is 2.44 bits per heavy atom. The Balaban J connectivity index is 2.75. The van der Waals surface area contributed by atoms with Crippen LogP contribution in [0, 0.1) is 13.8 Å². The van der Waals surface area contributed by atoms with E-state index in [4.69, 9.17) is 10.5 Å². The minimum atomic E-state index is -0.846. The first-order valence-corrected chi connectivity index (χ1v) is 9.51. The predicted molar refractivity (Wildman–Crippen MR) is 99.1 cm³/mol. The Hall–Kier alpha value is -1.96. The summed E-state index contributed by atoms with van der Waals surface area (Å²) in [4.78, 5) is 35.5. The molecule has 0 saturated carbocycles. The van der Waals surface area contributed by atoms with Crippen LogP contribution < -0.4 is 11.1 Å². The van der Waals surface area contributed by atoms with Gasteiger partial charge in [0.05, 0.1) is 0 Å². The van der Waals surface area contributed by atoms with Crippen molar-refractivity contribution in [2.24, 2.45) is 5.73 Å². The summed E-state index contributed by atoms with van der Waals surface area (Å²) in [6, 6.07) is 0.397. The standard InChI is InChI=1S/C17H27N3O4S/c1-10(2)20-11(3)8-13(12(20)4)15(21)9-24-16(22)14(6-7-25-5)19-17(18)23/h8,10,14H,6-7,9H2,1-5H3,(H3,18,19,23)/t14-/m1/s1. The molecule has 0 unspecified atom stereocenters. The van der Waals surface area contributed by atoms with Gasteiger partial charge in [0.15, 0.2) is 6.61 Å². The second kappa shape index (κ2) is 9.50. The molecule has 0 radical (unpaired) electrons. The van der Waals surface area contributed by atoms with Gasteiger partial charge in [-0.1, -0.05) is 0 Å². The molecule has 1 aromatic heterocycles. The Labute approximate surface area is 152 Å². The van der Waals surface area contributed by atoms with Gasteiger partial charge < -0.3 is 20.4 Å². The highest BCUT2D eigenvalue weighted by atomic mass is 32.2. The molecule has 1 heterocycles. The fraction of sp³-hybridized carbons (Fsp3) is 0.588. The monoisotopic (exact) mass is 369 g/mol. The number of nitrogens with one attached hydrogen (secondary N) is 1. The number of ketones is 1. The molecule has 140 valence electrons. The highest BCUT2D eigenvalue weighted by Gasteiger charge is 2.23. The third kappa shape index (κ3) is 5.81. The molecule has 0 saturated heterocycles. The first-order valence-electron chi connectivity index (χ1n) is 8.12. The molecule has 0 fully saturated rings. The number of carbonyl (C=O) groups is 3. The maximum atomic E-state index is 12.4. The number of amides is 2. The van der Waals surface area contributed by atoms with Crippen molar-refractivity contribution in [3.05, 3.63) is 23.0 Å². The van der Waals surface area contributed by atoms with Crippen molar-refractivity contribution < 1.29 is 19.1 Å². The van der Waals surface area contributed by atoms with E-state index in [1.807, 2.05) is 34.0 Å². The van der Waals surface area contributed by atoms with Crippen molar-refractivity contribution in [2.45, 2.75) is 46.2 Å². The molecule has 1 rings (SSSR count). The maximum Gasteiger partial charge on any atom is 0.329 e. The van der Waals surface area contributed by atoms with Crippen LogP contribution in [0.25, 0.3) is 0 Å². The molecule has 0 aliphatic carbocycles. The van der Waals surface area contributed by atoms with Crippen LogP contribution in [0.15, 0.2) is 6.07 Å². The third-order valence-electron chi connectivity index (χ3n) is 3.86. The number of esters is 1. The number of ether oxygens (including phenoxy) is 1. The Kier molecular flexibility index (Phi) is 8.02. The van der Waals surface area contributed by atoms with Gasteiger partial charge in [-0.3, -0.25) is 4.79 Å². The fourth-order valence-corrected chi connectivity index (χ4v) is 3.30. The summed E-state index contributed by atoms with van der Waals surface area (Å²) in [6.07, 6.45) is 2.28. The van der Waals surface area contributed by atoms with Crippen LogP contribution in [0.3, 0.4) is 0 Å². The highest BCUT2D eigenvalue weighted by molar-refractivity contribution is 7.98. The topological polar surface area (TPSA) is 103 Å². The molecule has 2 amide bonds. The zero-order valence-electron chi connectivity index (χ0n) is 15.4. The van der Waals surface area contributed by atoms with Crippen LogP contribution in [0.4, 0.5) is 4.79 Å². The highest BCUT2D eigenvalue weighted by Crippen LogP contribution is 2.20. The van der Waals surface area contributed by atoms with Crippen LogP contribution in [-0.4, -0.2) is 47.0 Å². The number of hydrogen-bond acceptors (Lipinski definition) is 5. The fourth-order valence-electron chi connectivity index (χ4n) is 2.83. The number of nitrogens with two attached hydrogens (primary N) is 1. The summed E-state index contributed by atoms with van der Waals surface area (Å²) in [5, 5.41) is 2.35. The van der Waals surface area contributed by atoms with Crippen molar-refractivity contribution in [1.82, 2.24) is 9.88 Å². The summed E-state index contributed by atoms with van der Waals surface area (Å²) < 4.78 is 7.17. The van der Waals surface area contributed by atoms with Gasteiger partial charge in [-0.25, -0.2) is 9.59 Å². The van der Waals surface area contributed by atoms with E-state index in [1.54, 1.807) is 6.07 Å². The average molecular weight is 369 g/mol. The van der Waals surface area contributed by atoms with Crippen LogP contribution >= 0.6 is 11.8 Å². The molecule has 3 N–H and O–H groups in total. The van der Waals surface area contributed by atoms with Crippen molar-refractivity contribution in [3.63, 3.8) is 0 Å². The number of hydrogen-bond donors (Lipinski definition) is 2. The summed E-state index contributed by atoms with van der Waals surface area (Å²) in [5.41, 5.74) is 7.46. The van der Waals surface area contributed by atoms with Gasteiger partial charge in [0.2, 0.25) is 5.78 Å². The van der Waals surface area contributed by atoms with Crippen LogP contribution in [0.5, 0.6) is 0 Å². The van der Waals surface area contributed by atoms with Gasteiger partial charge in [-0.15, -0.1) is 0 Å². The van der Waals surface area contributed by atoms with E-state index >= 15 is 0 Å². The van der Waals surface area contributed by atoms with Crippen molar-refractivity contribution in [3.8, 4) is 0 Å². The van der Waals surface area contributed by atoms with Crippen molar-refractivity contribution in [2.75, 3.05) is 18.6 Å². The quantitative estimate of drug-likeness (QED) is 0.513. The molecular formula is C17H27N3O4S. The summed E-state index contributed by atoms with van der Waals surface area (Å²) in [7, 11) is 0. The smallest absolute Gasteiger partial charge is 0.329 e. The number of primary amides is 1. The number of Topliss-reactive ketones (excluding diaryl/α,β-unsaturated/α-hetero) is 1. The van der Waals surface area contributed by atoms with E-state index in [0.717, 1.165) is 11.4 Å². The molecular weight excluding hydrogens is 342 g/mol. The number of nitrogens with zero attached hydrogens (tertiary/aromatic N) is 1. The average Bonchev–Trinajstić information content (AvgIpc) is 2.83. The maximum absolute atomic E-state index is 12.4. The molecule has 0 aliphatic rings. The Bertz CT molecular complexity index is 640. The zero-order chi connectivity index (χ0) is 19.1. The van der Waals surface area contributed by atoms with Crippen molar-refractivity contribution in [1.29, 1.82) is 0 Å². The number of aromatic nitrogens is 1. The first kappa shape index (κ1) is 21.1. The molecule has 8 heteroatoms. The lowest BCUT2D eigenvalue weighted by molar-refractivity contribution is -0.144. The van der Waals surface area contributed by atoms with Crippen molar-refractivity contribution >= 4 is 29.5 Å². The summed E-state index contributed by atoms with van der Waals surface area (Å²) >= 11 is 1.54. The molecule has 0 aliphatic heterocycles. The van der Waals surface area contributed by atoms with Gasteiger partial charge in [0.25, 0.3) is 0 Å². The largest absolute Gasteiger partial charge is 0.456 e. The van der Waals surface area contributed by atoms with Gasteiger partial charge in [0, 0.05) is 23.0 Å². The number of thioether (sulfide) groups is 1. The summed E-state index contributed by atoms with van der Waals surface area (Å²) in [5.74, 6) is -0.265. The molecule has 1 aromatic rings. The molecule has 0 spiro atoms. The second-order valence-electron chi connectivity index (χ2n) is 6.12.